The van der Waals surface area contributed by atoms with E-state index in [4.69, 9.17) is 15.4 Å². The molecule has 0 aliphatic heterocycles. The van der Waals surface area contributed by atoms with E-state index in [2.05, 4.69) is 93.4 Å². The largest absolute Gasteiger partial charge is 0.467 e. The van der Waals surface area contributed by atoms with Gasteiger partial charge in [-0.25, -0.2) is 24.0 Å². The van der Waals surface area contributed by atoms with Gasteiger partial charge in [-0.15, -0.1) is 0 Å². The van der Waals surface area contributed by atoms with E-state index in [-0.39, 0.29) is 5.91 Å². The Kier molecular flexibility index (Phi) is 50.8. The van der Waals surface area contributed by atoms with Gasteiger partial charge >= 0.3 is 35.8 Å². The minimum Gasteiger partial charge on any atom is -0.467 e. The van der Waals surface area contributed by atoms with E-state index in [9.17, 15) is 54.0 Å². The summed E-state index contributed by atoms with van der Waals surface area (Å²) < 4.78 is 28.1. The fraction of sp³-hybridized carbons (Fsp3) is 0.286. The number of halogens is 3. The van der Waals surface area contributed by atoms with Crippen molar-refractivity contribution in [3.05, 3.63) is 237 Å². The molecule has 6 rings (SSSR count). The second kappa shape index (κ2) is 53.2. The number of ether oxygens (including phenoxy) is 6. The highest BCUT2D eigenvalue weighted by Crippen LogP contribution is 2.29. The lowest BCUT2D eigenvalue weighted by Crippen LogP contribution is -2.40. The van der Waals surface area contributed by atoms with Crippen LogP contribution in [-0.2, 0) is 57.2 Å². The Balaban J connectivity index is -0.00000100. The van der Waals surface area contributed by atoms with Crippen LogP contribution in [0, 0.1) is 0 Å². The molecule has 478 valence electrons. The number of aliphatic hydroxyl groups excluding tert-OH is 5. The molecule has 1 amide bonds. The van der Waals surface area contributed by atoms with E-state index in [1.54, 1.807) is 115 Å². The molecule has 88 heavy (non-hydrogen) atoms. The number of azide groups is 1. The van der Waals surface area contributed by atoms with Crippen molar-refractivity contribution < 1.29 is 87.5 Å². The van der Waals surface area contributed by atoms with Crippen molar-refractivity contribution in [1.29, 1.82) is 0 Å². The quantitative estimate of drug-likeness (QED) is 0.00940. The molecule has 0 aliphatic rings. The smallest absolute Gasteiger partial charge is 0.348 e. The molecule has 0 bridgehead atoms. The van der Waals surface area contributed by atoms with Crippen LogP contribution < -0.4 is 5.32 Å². The molecule has 0 aromatic heterocycles. The van der Waals surface area contributed by atoms with Crippen molar-refractivity contribution in [3.63, 3.8) is 0 Å². The lowest BCUT2D eigenvalue weighted by molar-refractivity contribution is -0.164. The van der Waals surface area contributed by atoms with Gasteiger partial charge in [-0.3, -0.25) is 9.59 Å². The van der Waals surface area contributed by atoms with Crippen molar-refractivity contribution in [3.8, 4) is 0 Å². The second-order valence-electron chi connectivity index (χ2n) is 15.9. The molecule has 25 heteroatoms. The summed E-state index contributed by atoms with van der Waals surface area (Å²) in [7, 11) is 7.06. The molecule has 0 radical (unpaired) electrons. The number of hydrogen-bond acceptors (Lipinski definition) is 19. The first kappa shape index (κ1) is 84.1. The highest BCUT2D eigenvalue weighted by molar-refractivity contribution is 9.10. The lowest BCUT2D eigenvalue weighted by atomic mass is 10.0. The third-order valence-electron chi connectivity index (χ3n) is 10.4. The van der Waals surface area contributed by atoms with E-state index >= 15 is 0 Å². The van der Waals surface area contributed by atoms with Crippen molar-refractivity contribution in [2.45, 2.75) is 68.2 Å². The minimum absolute atomic E-state index is 0.377. The number of methoxy groups -OCH3 is 5. The zero-order valence-electron chi connectivity index (χ0n) is 50.2. The monoisotopic (exact) mass is 1410 g/mol. The van der Waals surface area contributed by atoms with Gasteiger partial charge in [0.05, 0.1) is 52.5 Å². The number of hydrogen-bond donors (Lipinski definition) is 6. The molecule has 0 spiro atoms. The molecule has 6 N–H and O–H groups in total. The number of alkyl halides is 2. The third kappa shape index (κ3) is 34.9. The molecular weight excluding hydrogens is 1340 g/mol. The summed E-state index contributed by atoms with van der Waals surface area (Å²) in [4.78, 5) is 80.4. The van der Waals surface area contributed by atoms with E-state index < -0.39 is 83.2 Å². The maximum Gasteiger partial charge on any atom is 0.348 e. The van der Waals surface area contributed by atoms with Gasteiger partial charge in [-0.1, -0.05) is 231 Å². The van der Waals surface area contributed by atoms with Crippen LogP contribution in [-0.4, -0.2) is 140 Å². The Morgan fingerprint density at radius 1 is 0.534 bits per heavy atom. The van der Waals surface area contributed by atoms with Crippen LogP contribution >= 0.6 is 47.8 Å². The second-order valence-corrected chi connectivity index (χ2v) is 17.8. The Labute approximate surface area is 538 Å². The van der Waals surface area contributed by atoms with Crippen LogP contribution in [0.15, 0.2) is 204 Å². The van der Waals surface area contributed by atoms with E-state index in [1.807, 2.05) is 86.4 Å². The molecule has 0 unspecified atom stereocenters. The van der Waals surface area contributed by atoms with Gasteiger partial charge in [0.1, 0.15) is 6.10 Å². The first-order valence-electron chi connectivity index (χ1n) is 25.9. The number of rotatable bonds is 17. The topological polar surface area (TPSA) is 337 Å². The molecule has 0 aliphatic carbocycles. The van der Waals surface area contributed by atoms with E-state index in [1.165, 1.54) is 28.3 Å². The number of nitrogens with zero attached hydrogens (tertiary/aromatic N) is 3. The highest BCUT2D eigenvalue weighted by Gasteiger charge is 2.33. The number of carbonyl (C=O) groups excluding carboxylic acids is 7. The van der Waals surface area contributed by atoms with Crippen LogP contribution in [0.1, 0.15) is 76.4 Å². The number of amides is 1. The number of benzene rings is 6. The molecular formula is C63H77Br3N4O18. The molecule has 0 fully saturated rings. The first-order chi connectivity index (χ1) is 42.3. The van der Waals surface area contributed by atoms with Crippen molar-refractivity contribution in [2.24, 2.45) is 5.11 Å². The van der Waals surface area contributed by atoms with Gasteiger partial charge < -0.3 is 59.3 Å². The van der Waals surface area contributed by atoms with Crippen molar-refractivity contribution in [2.75, 3.05) is 48.5 Å². The van der Waals surface area contributed by atoms with E-state index in [0.717, 1.165) is 37.4 Å². The number of esters is 6. The average molecular weight is 1420 g/mol. The van der Waals surface area contributed by atoms with Gasteiger partial charge in [0.15, 0.2) is 18.3 Å². The van der Waals surface area contributed by atoms with Crippen LogP contribution in [0.25, 0.3) is 10.4 Å². The van der Waals surface area contributed by atoms with Crippen molar-refractivity contribution in [1.82, 2.24) is 5.32 Å². The molecule has 0 saturated carbocycles. The molecule has 8 atom stereocenters. The number of nitrogens with one attached hydrogen (secondary N) is 1. The Morgan fingerprint density at radius 2 is 0.886 bits per heavy atom. The fourth-order valence-corrected chi connectivity index (χ4v) is 7.19. The Morgan fingerprint density at radius 3 is 1.23 bits per heavy atom. The summed E-state index contributed by atoms with van der Waals surface area (Å²) in [5.74, 6) is -2.56. The molecule has 22 nitrogen and oxygen atoms in total. The summed E-state index contributed by atoms with van der Waals surface area (Å²) in [6.07, 6.45) is -5.64. The van der Waals surface area contributed by atoms with Gasteiger partial charge in [0, 0.05) is 35.1 Å². The van der Waals surface area contributed by atoms with E-state index in [0.29, 0.717) is 22.3 Å². The maximum atomic E-state index is 12.3. The standard InChI is InChI=1S/C17H17NO4.C12H13BrO4.C10H11N3O3.C10H12O4.C6H5Br.C4H6O2.C2H6.CH3Br.CH4O/c1-22-17(21)15(19)14(12-8-4-2-5-9-12)18-16(20)13-10-6-3-7-11-13;1-8(14)17-11(12(15)16-2)10(13)9-6-4-3-5-7-9;1-16-10(15)9(14)8(12-13-11)7-5-3-2-4-6-7;1-14-10(13)9(12)8(11)7-5-3-2-4-6-7;7-6-4-2-1-3-5-6;1-3-4(5)6-2;3*1-2/h2-11,14-15,19H,1H3,(H,18,20);3-7,10-11H,1-2H3;2-6,8-9,14H,1H3;2-6,8-9,11-12H,1H3;1-5H;3H,1H2,2H3;1-2H3;1H3;2H,1H3/t14-,15+;10-,11-;2*8-,9+;;;;;/m0100...../s1. The first-order valence-corrected chi connectivity index (χ1v) is 29.2. The summed E-state index contributed by atoms with van der Waals surface area (Å²) in [6.45, 7) is 8.41. The van der Waals surface area contributed by atoms with Crippen LogP contribution in [0.5, 0.6) is 0 Å². The molecule has 0 heterocycles. The van der Waals surface area contributed by atoms with Gasteiger partial charge in [0.25, 0.3) is 5.91 Å². The normalized spacial score (nSPS) is 12.0. The molecule has 6 aromatic carbocycles. The maximum absolute atomic E-state index is 12.3. The lowest BCUT2D eigenvalue weighted by Gasteiger charge is -2.23. The van der Waals surface area contributed by atoms with Crippen LogP contribution in [0.4, 0.5) is 0 Å². The summed E-state index contributed by atoms with van der Waals surface area (Å²) in [5.41, 5.74) is 11.3. The fourth-order valence-electron chi connectivity index (χ4n) is 6.26. The molecule has 0 saturated heterocycles. The number of aliphatic hydroxyl groups is 5. The van der Waals surface area contributed by atoms with Gasteiger partial charge in [-0.05, 0) is 57.9 Å². The predicted octanol–water partition coefficient (Wildman–Crippen LogP) is 10.2. The Hall–Kier alpha value is -8.10. The predicted molar refractivity (Wildman–Crippen MR) is 343 cm³/mol. The summed E-state index contributed by atoms with van der Waals surface area (Å²) >= 11 is 9.59. The van der Waals surface area contributed by atoms with Crippen LogP contribution in [0.2, 0.25) is 0 Å². The minimum atomic E-state index is -1.54. The van der Waals surface area contributed by atoms with Crippen LogP contribution in [0.3, 0.4) is 0 Å². The molecule has 6 aromatic rings. The summed E-state index contributed by atoms with van der Waals surface area (Å²) in [6, 6.07) is 51.7. The van der Waals surface area contributed by atoms with Gasteiger partial charge in [0.2, 0.25) is 6.10 Å². The average Bonchev–Trinajstić information content (AvgIpc) is 3.75. The van der Waals surface area contributed by atoms with Gasteiger partial charge in [-0.2, -0.15) is 0 Å². The SMILES string of the molecule is Brc1ccccc1.C=CC(=O)OC.CBr.CC.CO.COC(=O)[C@H](O)[C@@H](N=[N+]=[N-])c1ccccc1.COC(=O)[C@H](O)[C@@H](NC(=O)c1ccccc1)c1ccccc1.COC(=O)[C@H](O)[C@@H](O)c1ccccc1.COC(=O)[C@H](OC(C)=O)[C@H](Br)c1ccccc1. The van der Waals surface area contributed by atoms with Crippen molar-refractivity contribution >= 4 is 89.5 Å². The zero-order valence-corrected chi connectivity index (χ0v) is 55.0. The zero-order chi connectivity index (χ0) is 67.4. The number of carbonyl (C=O) groups is 7. The highest BCUT2D eigenvalue weighted by atomic mass is 79.9. The third-order valence-corrected chi connectivity index (χ3v) is 11.9. The summed E-state index contributed by atoms with van der Waals surface area (Å²) in [5, 5.41) is 51.7. The Bertz CT molecular complexity index is 2890.